The molecule has 1 aliphatic rings. The number of hydrogen-bond donors (Lipinski definition) is 2. The Balaban J connectivity index is 2.41. The van der Waals surface area contributed by atoms with Gasteiger partial charge in [0.2, 0.25) is 0 Å². The van der Waals surface area contributed by atoms with Gasteiger partial charge in [0.1, 0.15) is 11.3 Å². The molecule has 6 heteroatoms. The van der Waals surface area contributed by atoms with Crippen molar-refractivity contribution >= 4 is 27.8 Å². The number of carbonyl (C=O) groups is 2. The molecule has 21 heavy (non-hydrogen) atoms. The summed E-state index contributed by atoms with van der Waals surface area (Å²) in [6.07, 6.45) is 2.22. The largest absolute Gasteiger partial charge is 0.507 e. The first-order valence-corrected chi connectivity index (χ1v) is 7.75. The number of phenols is 1. The van der Waals surface area contributed by atoms with Crippen LogP contribution in [-0.4, -0.2) is 39.1 Å². The highest BCUT2D eigenvalue weighted by Crippen LogP contribution is 2.36. The third-order valence-electron chi connectivity index (χ3n) is 3.98. The molecule has 1 unspecified atom stereocenters. The van der Waals surface area contributed by atoms with Gasteiger partial charge in [-0.2, -0.15) is 0 Å². The number of hydrogen-bond acceptors (Lipinski definition) is 3. The molecule has 1 fully saturated rings. The Morgan fingerprint density at radius 1 is 1.43 bits per heavy atom. The summed E-state index contributed by atoms with van der Waals surface area (Å²) in [7, 11) is 0. The lowest BCUT2D eigenvalue weighted by Crippen LogP contribution is -2.53. The van der Waals surface area contributed by atoms with Gasteiger partial charge in [0.15, 0.2) is 0 Å². The second-order valence-corrected chi connectivity index (χ2v) is 6.22. The quantitative estimate of drug-likeness (QED) is 0.869. The number of likely N-dealkylation sites (tertiary alicyclic amines) is 1. The van der Waals surface area contributed by atoms with Crippen molar-refractivity contribution in [3.8, 4) is 5.75 Å². The molecule has 0 spiro atoms. The number of carboxylic acid groups (broad SMARTS) is 1. The smallest absolute Gasteiger partial charge is 0.329 e. The number of halogens is 1. The Morgan fingerprint density at radius 3 is 2.76 bits per heavy atom. The predicted molar refractivity (Wildman–Crippen MR) is 81.4 cm³/mol. The van der Waals surface area contributed by atoms with E-state index in [2.05, 4.69) is 15.9 Å². The Hall–Kier alpha value is -1.56. The van der Waals surface area contributed by atoms with Crippen molar-refractivity contribution in [3.63, 3.8) is 0 Å². The summed E-state index contributed by atoms with van der Waals surface area (Å²) >= 11 is 3.26. The van der Waals surface area contributed by atoms with Crippen LogP contribution in [0.2, 0.25) is 0 Å². The third-order valence-corrected chi connectivity index (χ3v) is 4.48. The van der Waals surface area contributed by atoms with E-state index in [9.17, 15) is 19.8 Å². The van der Waals surface area contributed by atoms with Crippen LogP contribution in [0.1, 0.15) is 43.0 Å². The molecule has 0 radical (unpaired) electrons. The number of phenolic OH excluding ortho intramolecular Hbond substituents is 1. The molecule has 1 aromatic rings. The van der Waals surface area contributed by atoms with E-state index < -0.39 is 17.4 Å². The second-order valence-electron chi connectivity index (χ2n) is 5.31. The van der Waals surface area contributed by atoms with Crippen LogP contribution in [0.15, 0.2) is 22.7 Å². The van der Waals surface area contributed by atoms with Crippen molar-refractivity contribution in [2.75, 3.05) is 6.54 Å². The number of aliphatic carboxylic acids is 1. The van der Waals surface area contributed by atoms with Crippen LogP contribution in [0.3, 0.4) is 0 Å². The average molecular weight is 356 g/mol. The van der Waals surface area contributed by atoms with E-state index in [0.717, 1.165) is 0 Å². The maximum absolute atomic E-state index is 12.7. The minimum absolute atomic E-state index is 0.132. The highest BCUT2D eigenvalue weighted by molar-refractivity contribution is 9.10. The summed E-state index contributed by atoms with van der Waals surface area (Å²) in [5.41, 5.74) is -1.02. The summed E-state index contributed by atoms with van der Waals surface area (Å²) < 4.78 is 0.666. The van der Waals surface area contributed by atoms with E-state index in [0.29, 0.717) is 36.7 Å². The monoisotopic (exact) mass is 355 g/mol. The summed E-state index contributed by atoms with van der Waals surface area (Å²) in [6, 6.07) is 4.58. The van der Waals surface area contributed by atoms with Crippen LogP contribution < -0.4 is 0 Å². The molecule has 5 nitrogen and oxygen atoms in total. The van der Waals surface area contributed by atoms with Gasteiger partial charge in [-0.3, -0.25) is 4.79 Å². The van der Waals surface area contributed by atoms with Gasteiger partial charge >= 0.3 is 5.97 Å². The Kier molecular flexibility index (Phi) is 4.56. The van der Waals surface area contributed by atoms with E-state index in [1.807, 2.05) is 6.92 Å². The Morgan fingerprint density at radius 2 is 2.14 bits per heavy atom. The van der Waals surface area contributed by atoms with Gasteiger partial charge in [0, 0.05) is 11.0 Å². The number of carbonyl (C=O) groups excluding carboxylic acids is 1. The number of carboxylic acids is 1. The van der Waals surface area contributed by atoms with E-state index >= 15 is 0 Å². The van der Waals surface area contributed by atoms with Crippen LogP contribution in [-0.2, 0) is 4.79 Å². The van der Waals surface area contributed by atoms with Crippen LogP contribution in [0.5, 0.6) is 5.75 Å². The molecular weight excluding hydrogens is 338 g/mol. The first-order chi connectivity index (χ1) is 9.92. The fourth-order valence-corrected chi connectivity index (χ4v) is 3.36. The van der Waals surface area contributed by atoms with Crippen LogP contribution in [0.25, 0.3) is 0 Å². The lowest BCUT2D eigenvalue weighted by Gasteiger charge is -2.34. The maximum Gasteiger partial charge on any atom is 0.329 e. The molecule has 1 aliphatic heterocycles. The molecule has 0 saturated carbocycles. The van der Waals surface area contributed by atoms with Gasteiger partial charge in [0.25, 0.3) is 5.91 Å². The predicted octanol–water partition coefficient (Wildman–Crippen LogP) is 3.01. The van der Waals surface area contributed by atoms with Crippen molar-refractivity contribution < 1.29 is 19.8 Å². The summed E-state index contributed by atoms with van der Waals surface area (Å²) in [5, 5.41) is 19.5. The van der Waals surface area contributed by atoms with Crippen molar-refractivity contribution in [3.05, 3.63) is 28.2 Å². The Bertz CT molecular complexity index is 575. The van der Waals surface area contributed by atoms with Crippen molar-refractivity contribution in [1.29, 1.82) is 0 Å². The molecule has 1 saturated heterocycles. The molecule has 0 aromatic heterocycles. The number of rotatable bonds is 4. The zero-order valence-electron chi connectivity index (χ0n) is 11.8. The van der Waals surface area contributed by atoms with Crippen LogP contribution in [0, 0.1) is 0 Å². The molecule has 1 aromatic carbocycles. The number of aromatic hydroxyl groups is 1. The van der Waals surface area contributed by atoms with E-state index in [1.54, 1.807) is 6.07 Å². The normalized spacial score (nSPS) is 21.5. The molecule has 0 bridgehead atoms. The zero-order chi connectivity index (χ0) is 15.6. The minimum atomic E-state index is -1.15. The highest BCUT2D eigenvalue weighted by atomic mass is 79.9. The summed E-state index contributed by atoms with van der Waals surface area (Å²) in [6.45, 7) is 2.30. The molecule has 1 heterocycles. The fraction of sp³-hybridized carbons (Fsp3) is 0.467. The minimum Gasteiger partial charge on any atom is -0.507 e. The molecular formula is C15H18BrNO4. The lowest BCUT2D eigenvalue weighted by atomic mass is 9.90. The first kappa shape index (κ1) is 15.8. The lowest BCUT2D eigenvalue weighted by molar-refractivity contribution is -0.148. The van der Waals surface area contributed by atoms with E-state index in [-0.39, 0.29) is 11.3 Å². The summed E-state index contributed by atoms with van der Waals surface area (Å²) in [4.78, 5) is 25.8. The van der Waals surface area contributed by atoms with Gasteiger partial charge in [0.05, 0.1) is 5.56 Å². The fourth-order valence-electron chi connectivity index (χ4n) is 3.00. The highest BCUT2D eigenvalue weighted by Gasteiger charge is 2.49. The number of amides is 1. The van der Waals surface area contributed by atoms with Crippen LogP contribution in [0.4, 0.5) is 0 Å². The van der Waals surface area contributed by atoms with Crippen molar-refractivity contribution in [1.82, 2.24) is 4.90 Å². The van der Waals surface area contributed by atoms with Crippen LogP contribution >= 0.6 is 15.9 Å². The van der Waals surface area contributed by atoms with Crippen molar-refractivity contribution in [2.24, 2.45) is 0 Å². The van der Waals surface area contributed by atoms with Gasteiger partial charge in [-0.1, -0.05) is 29.3 Å². The van der Waals surface area contributed by atoms with E-state index in [1.165, 1.54) is 17.0 Å². The van der Waals surface area contributed by atoms with Gasteiger partial charge in [-0.25, -0.2) is 4.79 Å². The molecule has 114 valence electrons. The Labute approximate surface area is 131 Å². The summed E-state index contributed by atoms with van der Waals surface area (Å²) in [5.74, 6) is -1.53. The molecule has 1 amide bonds. The third kappa shape index (κ3) is 2.77. The first-order valence-electron chi connectivity index (χ1n) is 6.96. The van der Waals surface area contributed by atoms with Gasteiger partial charge in [-0.05, 0) is 37.5 Å². The second kappa shape index (κ2) is 6.05. The SMILES string of the molecule is CCCC1(C(=O)O)CCCN1C(=O)c1cc(Br)ccc1O. The zero-order valence-corrected chi connectivity index (χ0v) is 13.4. The average Bonchev–Trinajstić information content (AvgIpc) is 2.86. The topological polar surface area (TPSA) is 77.8 Å². The molecule has 2 rings (SSSR count). The van der Waals surface area contributed by atoms with Gasteiger partial charge in [-0.15, -0.1) is 0 Å². The standard InChI is InChI=1S/C15H18BrNO4/c1-2-6-15(14(20)21)7-3-8-17(15)13(19)11-9-10(16)4-5-12(11)18/h4-5,9,18H,2-3,6-8H2,1H3,(H,20,21). The maximum atomic E-state index is 12.7. The van der Waals surface area contributed by atoms with Crippen molar-refractivity contribution in [2.45, 2.75) is 38.1 Å². The number of benzene rings is 1. The molecule has 2 N–H and O–H groups in total. The number of nitrogens with zero attached hydrogens (tertiary/aromatic N) is 1. The molecule has 1 atom stereocenters. The van der Waals surface area contributed by atoms with Gasteiger partial charge < -0.3 is 15.1 Å². The van der Waals surface area contributed by atoms with E-state index in [4.69, 9.17) is 0 Å². The molecule has 0 aliphatic carbocycles.